The highest BCUT2D eigenvalue weighted by Crippen LogP contribution is 2.57. The van der Waals surface area contributed by atoms with E-state index in [9.17, 15) is 15.3 Å². The Hall–Kier alpha value is -0.420. The first-order valence-corrected chi connectivity index (χ1v) is 6.14. The van der Waals surface area contributed by atoms with E-state index >= 15 is 0 Å². The normalized spacial score (nSPS) is 52.0. The minimum atomic E-state index is -1.13. The highest BCUT2D eigenvalue weighted by molar-refractivity contribution is 5.26. The van der Waals surface area contributed by atoms with Crippen molar-refractivity contribution in [3.05, 3.63) is 12.2 Å². The van der Waals surface area contributed by atoms with Gasteiger partial charge in [-0.15, -0.1) is 0 Å². The van der Waals surface area contributed by atoms with Crippen molar-refractivity contribution >= 4 is 0 Å². The molecule has 5 atom stereocenters. The predicted molar refractivity (Wildman–Crippen MR) is 63.5 cm³/mol. The molecule has 1 heterocycles. The summed E-state index contributed by atoms with van der Waals surface area (Å²) in [5, 5.41) is 30.1. The Morgan fingerprint density at radius 1 is 1.35 bits per heavy atom. The minimum Gasteiger partial charge on any atom is -0.393 e. The maximum Gasteiger partial charge on any atom is 0.119 e. The van der Waals surface area contributed by atoms with E-state index in [1.165, 1.54) is 0 Å². The van der Waals surface area contributed by atoms with Crippen molar-refractivity contribution in [3.63, 3.8) is 0 Å². The summed E-state index contributed by atoms with van der Waals surface area (Å²) < 4.78 is 5.74. The lowest BCUT2D eigenvalue weighted by Gasteiger charge is -2.49. The second kappa shape index (κ2) is 3.79. The Kier molecular flexibility index (Phi) is 2.90. The first-order chi connectivity index (χ1) is 7.72. The zero-order valence-electron chi connectivity index (χ0n) is 10.7. The zero-order valence-corrected chi connectivity index (χ0v) is 10.7. The van der Waals surface area contributed by atoms with E-state index in [4.69, 9.17) is 4.74 Å². The Morgan fingerprint density at radius 2 is 2.00 bits per heavy atom. The monoisotopic (exact) mass is 242 g/mol. The molecule has 4 heteroatoms. The van der Waals surface area contributed by atoms with Crippen molar-refractivity contribution in [2.24, 2.45) is 5.41 Å². The van der Waals surface area contributed by atoms with Crippen LogP contribution in [0, 0.1) is 5.41 Å². The van der Waals surface area contributed by atoms with Gasteiger partial charge in [-0.25, -0.2) is 0 Å². The molecular weight excluding hydrogens is 220 g/mol. The quantitative estimate of drug-likeness (QED) is 0.620. The summed E-state index contributed by atoms with van der Waals surface area (Å²) in [5.41, 5.74) is -2.40. The zero-order chi connectivity index (χ0) is 12.9. The van der Waals surface area contributed by atoms with Crippen LogP contribution in [0.2, 0.25) is 0 Å². The second-order valence-electron chi connectivity index (χ2n) is 6.01. The number of ether oxygens (including phenoxy) is 1. The third kappa shape index (κ3) is 1.74. The third-order valence-electron chi connectivity index (χ3n) is 4.36. The largest absolute Gasteiger partial charge is 0.393 e. The smallest absolute Gasteiger partial charge is 0.119 e. The van der Waals surface area contributed by atoms with Crippen LogP contribution in [0.5, 0.6) is 0 Å². The average Bonchev–Trinajstić information content (AvgIpc) is 2.33. The molecule has 2 aliphatic rings. The van der Waals surface area contributed by atoms with Gasteiger partial charge in [0, 0.05) is 11.8 Å². The third-order valence-corrected chi connectivity index (χ3v) is 4.36. The van der Waals surface area contributed by atoms with Crippen LogP contribution in [0.1, 0.15) is 33.6 Å². The maximum absolute atomic E-state index is 10.9. The average molecular weight is 242 g/mol. The van der Waals surface area contributed by atoms with Crippen LogP contribution in [0.15, 0.2) is 12.2 Å². The van der Waals surface area contributed by atoms with Gasteiger partial charge in [0.05, 0.1) is 18.8 Å². The van der Waals surface area contributed by atoms with E-state index < -0.39 is 28.8 Å². The van der Waals surface area contributed by atoms with Gasteiger partial charge in [-0.2, -0.15) is 0 Å². The maximum atomic E-state index is 10.9. The molecule has 2 bridgehead atoms. The fourth-order valence-electron chi connectivity index (χ4n) is 3.30. The summed E-state index contributed by atoms with van der Waals surface area (Å²) >= 11 is 0. The van der Waals surface area contributed by atoms with Crippen molar-refractivity contribution in [2.75, 3.05) is 6.61 Å². The van der Waals surface area contributed by atoms with Crippen LogP contribution in [-0.4, -0.2) is 45.3 Å². The molecule has 1 aliphatic carbocycles. The molecule has 1 saturated heterocycles. The van der Waals surface area contributed by atoms with Crippen LogP contribution in [0.25, 0.3) is 0 Å². The van der Waals surface area contributed by atoms with Crippen LogP contribution in [0.4, 0.5) is 0 Å². The molecule has 0 spiro atoms. The summed E-state index contributed by atoms with van der Waals surface area (Å²) in [6.07, 6.45) is 3.14. The number of aliphatic hydroxyl groups is 3. The summed E-state index contributed by atoms with van der Waals surface area (Å²) in [6, 6.07) is 0. The van der Waals surface area contributed by atoms with E-state index in [1.54, 1.807) is 19.1 Å². The molecule has 1 saturated carbocycles. The molecule has 4 nitrogen and oxygen atoms in total. The molecule has 0 radical (unpaired) electrons. The van der Waals surface area contributed by atoms with Gasteiger partial charge >= 0.3 is 0 Å². The first kappa shape index (κ1) is 13.0. The number of hydrogen-bond acceptors (Lipinski definition) is 4. The molecule has 0 aromatic rings. The summed E-state index contributed by atoms with van der Waals surface area (Å²) in [4.78, 5) is 0. The van der Waals surface area contributed by atoms with Crippen molar-refractivity contribution < 1.29 is 20.1 Å². The van der Waals surface area contributed by atoms with Crippen LogP contribution in [-0.2, 0) is 4.74 Å². The molecule has 2 fully saturated rings. The van der Waals surface area contributed by atoms with Crippen LogP contribution in [0.3, 0.4) is 0 Å². The van der Waals surface area contributed by atoms with Gasteiger partial charge < -0.3 is 20.1 Å². The van der Waals surface area contributed by atoms with E-state index in [-0.39, 0.29) is 0 Å². The lowest BCUT2D eigenvalue weighted by atomic mass is 9.59. The van der Waals surface area contributed by atoms with Crippen LogP contribution >= 0.6 is 0 Å². The van der Waals surface area contributed by atoms with Gasteiger partial charge in [0.1, 0.15) is 11.2 Å². The molecule has 98 valence electrons. The van der Waals surface area contributed by atoms with Crippen molar-refractivity contribution in [1.82, 2.24) is 0 Å². The van der Waals surface area contributed by atoms with E-state index in [2.05, 4.69) is 0 Å². The highest BCUT2D eigenvalue weighted by atomic mass is 16.5. The number of aliphatic hydroxyl groups excluding tert-OH is 2. The number of hydrogen-bond donors (Lipinski definition) is 3. The molecule has 17 heavy (non-hydrogen) atoms. The topological polar surface area (TPSA) is 69.9 Å². The lowest BCUT2D eigenvalue weighted by molar-refractivity contribution is -0.150. The summed E-state index contributed by atoms with van der Waals surface area (Å²) in [6.45, 7) is 5.83. The fraction of sp³-hybridized carbons (Fsp3) is 0.846. The molecule has 0 amide bonds. The second-order valence-corrected chi connectivity index (χ2v) is 6.01. The lowest BCUT2D eigenvalue weighted by Crippen LogP contribution is -2.61. The summed E-state index contributed by atoms with van der Waals surface area (Å²) in [5.74, 6) is 0. The summed E-state index contributed by atoms with van der Waals surface area (Å²) in [7, 11) is 0. The molecule has 2 rings (SSSR count). The number of fused-ring (bicyclic) bond motifs is 2. The number of rotatable bonds is 2. The van der Waals surface area contributed by atoms with E-state index in [1.807, 2.05) is 13.8 Å². The fourth-order valence-corrected chi connectivity index (χ4v) is 3.30. The predicted octanol–water partition coefficient (Wildman–Crippen LogP) is 0.604. The Balaban J connectivity index is 2.39. The minimum absolute atomic E-state index is 0.420. The Labute approximate surface area is 102 Å². The highest BCUT2D eigenvalue weighted by Gasteiger charge is 2.67. The molecule has 0 aromatic carbocycles. The van der Waals surface area contributed by atoms with Gasteiger partial charge in [-0.3, -0.25) is 0 Å². The molecule has 0 aromatic heterocycles. The van der Waals surface area contributed by atoms with E-state index in [0.29, 0.717) is 19.4 Å². The van der Waals surface area contributed by atoms with Gasteiger partial charge in [-0.05, 0) is 20.3 Å². The van der Waals surface area contributed by atoms with Crippen molar-refractivity contribution in [2.45, 2.75) is 57.0 Å². The molecule has 3 N–H and O–H groups in total. The molecule has 0 unspecified atom stereocenters. The van der Waals surface area contributed by atoms with Gasteiger partial charge in [0.25, 0.3) is 0 Å². The van der Waals surface area contributed by atoms with Gasteiger partial charge in [0.2, 0.25) is 0 Å². The van der Waals surface area contributed by atoms with Crippen LogP contribution < -0.4 is 0 Å². The molecular formula is C13H22O4. The van der Waals surface area contributed by atoms with Gasteiger partial charge in [-0.1, -0.05) is 19.1 Å². The van der Waals surface area contributed by atoms with Crippen molar-refractivity contribution in [1.29, 1.82) is 0 Å². The van der Waals surface area contributed by atoms with E-state index in [0.717, 1.165) is 0 Å². The van der Waals surface area contributed by atoms with Crippen molar-refractivity contribution in [3.8, 4) is 0 Å². The SMILES string of the molecule is C[C@@H](O)/C=C/[C@@]1(O)[C@]2(C)CO[C@@]1(C)C[C@@H](O)C2. The molecule has 1 aliphatic heterocycles. The standard InChI is InChI=1S/C13H22O4/c1-9(14)4-5-13(16)11(2)6-10(15)7-12(13,3)17-8-11/h4-5,9-10,14-16H,6-8H2,1-3H3/b5-4+/t9-,10+,11+,12+,13-/m1/s1. The Morgan fingerprint density at radius 3 is 2.53 bits per heavy atom. The van der Waals surface area contributed by atoms with Gasteiger partial charge in [0.15, 0.2) is 0 Å². The first-order valence-electron chi connectivity index (χ1n) is 6.14. The Bertz CT molecular complexity index is 318.